The van der Waals surface area contributed by atoms with Crippen molar-refractivity contribution in [2.75, 3.05) is 19.7 Å². The summed E-state index contributed by atoms with van der Waals surface area (Å²) in [6.45, 7) is 4.19. The second-order valence-electron chi connectivity index (χ2n) is 4.59. The molecular formula is C14H17Br2NO2. The van der Waals surface area contributed by atoms with Crippen LogP contribution in [0.1, 0.15) is 30.1 Å². The summed E-state index contributed by atoms with van der Waals surface area (Å²) in [5.41, 5.74) is 0.700. The van der Waals surface area contributed by atoms with Gasteiger partial charge >= 0.3 is 0 Å². The number of hydrogen-bond donors (Lipinski definition) is 0. The monoisotopic (exact) mass is 389 g/mol. The highest BCUT2D eigenvalue weighted by Crippen LogP contribution is 2.24. The fourth-order valence-corrected chi connectivity index (χ4v) is 3.10. The molecule has 1 heterocycles. The van der Waals surface area contributed by atoms with Crippen molar-refractivity contribution in [2.45, 2.75) is 25.9 Å². The van der Waals surface area contributed by atoms with Gasteiger partial charge in [-0.2, -0.15) is 0 Å². The van der Waals surface area contributed by atoms with E-state index in [0.717, 1.165) is 28.3 Å². The van der Waals surface area contributed by atoms with Crippen LogP contribution < -0.4 is 0 Å². The van der Waals surface area contributed by atoms with E-state index < -0.39 is 0 Å². The predicted octanol–water partition coefficient (Wildman–Crippen LogP) is 3.85. The van der Waals surface area contributed by atoms with Crippen molar-refractivity contribution in [3.05, 3.63) is 32.7 Å². The highest BCUT2D eigenvalue weighted by molar-refractivity contribution is 9.11. The molecule has 1 amide bonds. The summed E-state index contributed by atoms with van der Waals surface area (Å²) in [5, 5.41) is 0. The van der Waals surface area contributed by atoms with Gasteiger partial charge in [-0.1, -0.05) is 15.9 Å². The van der Waals surface area contributed by atoms with Crippen LogP contribution in [0.4, 0.5) is 0 Å². The van der Waals surface area contributed by atoms with Crippen LogP contribution in [0.2, 0.25) is 0 Å². The van der Waals surface area contributed by atoms with Gasteiger partial charge in [-0.3, -0.25) is 4.79 Å². The molecule has 1 unspecified atom stereocenters. The minimum absolute atomic E-state index is 0.0672. The van der Waals surface area contributed by atoms with E-state index in [9.17, 15) is 4.79 Å². The van der Waals surface area contributed by atoms with E-state index in [1.54, 1.807) is 0 Å². The first-order chi connectivity index (χ1) is 9.11. The quantitative estimate of drug-likeness (QED) is 0.784. The summed E-state index contributed by atoms with van der Waals surface area (Å²) in [6.07, 6.45) is 2.22. The molecule has 0 radical (unpaired) electrons. The number of piperidine rings is 1. The van der Waals surface area contributed by atoms with Crippen LogP contribution in [0.25, 0.3) is 0 Å². The van der Waals surface area contributed by atoms with E-state index in [-0.39, 0.29) is 12.0 Å². The molecule has 1 aromatic carbocycles. The molecule has 1 aliphatic rings. The summed E-state index contributed by atoms with van der Waals surface area (Å²) in [6, 6.07) is 5.66. The number of likely N-dealkylation sites (tertiary alicyclic amines) is 1. The number of benzene rings is 1. The summed E-state index contributed by atoms with van der Waals surface area (Å²) in [5.74, 6) is 0.0672. The minimum Gasteiger partial charge on any atom is -0.377 e. The van der Waals surface area contributed by atoms with Crippen LogP contribution in [0.15, 0.2) is 27.1 Å². The largest absolute Gasteiger partial charge is 0.377 e. The van der Waals surface area contributed by atoms with Crippen molar-refractivity contribution >= 4 is 37.8 Å². The topological polar surface area (TPSA) is 29.5 Å². The van der Waals surface area contributed by atoms with Gasteiger partial charge in [-0.25, -0.2) is 0 Å². The Balaban J connectivity index is 2.12. The van der Waals surface area contributed by atoms with Gasteiger partial charge in [0.15, 0.2) is 0 Å². The molecule has 5 heteroatoms. The maximum Gasteiger partial charge on any atom is 0.255 e. The molecule has 1 aromatic rings. The zero-order valence-electron chi connectivity index (χ0n) is 10.9. The number of ether oxygens (including phenoxy) is 1. The molecule has 1 atom stereocenters. The van der Waals surface area contributed by atoms with Crippen LogP contribution in [-0.2, 0) is 4.74 Å². The highest BCUT2D eigenvalue weighted by atomic mass is 79.9. The van der Waals surface area contributed by atoms with E-state index in [1.807, 2.05) is 30.0 Å². The number of nitrogens with zero attached hydrogens (tertiary/aromatic N) is 1. The normalized spacial score (nSPS) is 19.5. The van der Waals surface area contributed by atoms with Crippen LogP contribution in [-0.4, -0.2) is 36.6 Å². The number of amides is 1. The molecule has 0 spiro atoms. The zero-order chi connectivity index (χ0) is 13.8. The lowest BCUT2D eigenvalue weighted by atomic mass is 10.1. The smallest absolute Gasteiger partial charge is 0.255 e. The van der Waals surface area contributed by atoms with E-state index in [2.05, 4.69) is 31.9 Å². The van der Waals surface area contributed by atoms with Gasteiger partial charge < -0.3 is 9.64 Å². The van der Waals surface area contributed by atoms with Crippen LogP contribution >= 0.6 is 31.9 Å². The molecule has 104 valence electrons. The third kappa shape index (κ3) is 3.80. The van der Waals surface area contributed by atoms with Gasteiger partial charge in [0.1, 0.15) is 0 Å². The molecule has 0 N–H and O–H groups in total. The van der Waals surface area contributed by atoms with Crippen LogP contribution in [0, 0.1) is 0 Å². The van der Waals surface area contributed by atoms with Crippen molar-refractivity contribution in [3.63, 3.8) is 0 Å². The lowest BCUT2D eigenvalue weighted by molar-refractivity contribution is 0.00721. The Hall–Kier alpha value is -0.390. The van der Waals surface area contributed by atoms with Crippen molar-refractivity contribution in [3.8, 4) is 0 Å². The minimum atomic E-state index is 0.0672. The number of halogens is 2. The number of carbonyl (C=O) groups excluding carboxylic acids is 1. The summed E-state index contributed by atoms with van der Waals surface area (Å²) < 4.78 is 7.39. The summed E-state index contributed by atoms with van der Waals surface area (Å²) in [7, 11) is 0. The molecule has 0 saturated carbocycles. The van der Waals surface area contributed by atoms with Crippen molar-refractivity contribution in [1.82, 2.24) is 4.90 Å². The summed E-state index contributed by atoms with van der Waals surface area (Å²) >= 11 is 6.85. The Morgan fingerprint density at radius 3 is 3.00 bits per heavy atom. The standard InChI is InChI=1S/C14H17Br2NO2/c1-2-19-11-4-3-7-17(9-11)14(18)12-8-10(15)5-6-13(12)16/h5-6,8,11H,2-4,7,9H2,1H3. The van der Waals surface area contributed by atoms with E-state index in [0.29, 0.717) is 18.7 Å². The number of carbonyl (C=O) groups is 1. The number of hydrogen-bond acceptors (Lipinski definition) is 2. The number of rotatable bonds is 3. The second kappa shape index (κ2) is 6.86. The maximum atomic E-state index is 12.5. The van der Waals surface area contributed by atoms with Gasteiger partial charge in [0, 0.05) is 28.6 Å². The van der Waals surface area contributed by atoms with Crippen molar-refractivity contribution in [1.29, 1.82) is 0 Å². The molecule has 1 saturated heterocycles. The first-order valence-electron chi connectivity index (χ1n) is 6.47. The van der Waals surface area contributed by atoms with Crippen LogP contribution in [0.5, 0.6) is 0 Å². The molecule has 1 aliphatic heterocycles. The molecule has 0 aliphatic carbocycles. The molecule has 3 nitrogen and oxygen atoms in total. The van der Waals surface area contributed by atoms with Crippen molar-refractivity contribution < 1.29 is 9.53 Å². The Kier molecular flexibility index (Phi) is 5.42. The zero-order valence-corrected chi connectivity index (χ0v) is 14.0. The third-order valence-corrected chi connectivity index (χ3v) is 4.41. The van der Waals surface area contributed by atoms with Gasteiger partial charge in [-0.15, -0.1) is 0 Å². The average molecular weight is 391 g/mol. The molecule has 2 rings (SSSR count). The first kappa shape index (κ1) is 15.0. The maximum absolute atomic E-state index is 12.5. The second-order valence-corrected chi connectivity index (χ2v) is 6.36. The Labute approximate surface area is 130 Å². The average Bonchev–Trinajstić information content (AvgIpc) is 2.41. The van der Waals surface area contributed by atoms with Crippen LogP contribution in [0.3, 0.4) is 0 Å². The molecular weight excluding hydrogens is 374 g/mol. The molecule has 0 bridgehead atoms. The van der Waals surface area contributed by atoms with E-state index in [4.69, 9.17) is 4.74 Å². The SMILES string of the molecule is CCOC1CCCN(C(=O)c2cc(Br)ccc2Br)C1. The lowest BCUT2D eigenvalue weighted by Crippen LogP contribution is -2.43. The van der Waals surface area contributed by atoms with Gasteiger partial charge in [-0.05, 0) is 53.9 Å². The van der Waals surface area contributed by atoms with Gasteiger partial charge in [0.05, 0.1) is 11.7 Å². The lowest BCUT2D eigenvalue weighted by Gasteiger charge is -2.32. The fraction of sp³-hybridized carbons (Fsp3) is 0.500. The fourth-order valence-electron chi connectivity index (χ4n) is 2.33. The van der Waals surface area contributed by atoms with E-state index >= 15 is 0 Å². The Bertz CT molecular complexity index is 463. The highest BCUT2D eigenvalue weighted by Gasteiger charge is 2.25. The van der Waals surface area contributed by atoms with E-state index in [1.165, 1.54) is 0 Å². The van der Waals surface area contributed by atoms with Gasteiger partial charge in [0.2, 0.25) is 0 Å². The molecule has 19 heavy (non-hydrogen) atoms. The van der Waals surface area contributed by atoms with Crippen molar-refractivity contribution in [2.24, 2.45) is 0 Å². The van der Waals surface area contributed by atoms with Gasteiger partial charge in [0.25, 0.3) is 5.91 Å². The summed E-state index contributed by atoms with van der Waals surface area (Å²) in [4.78, 5) is 14.4. The Morgan fingerprint density at radius 1 is 1.47 bits per heavy atom. The first-order valence-corrected chi connectivity index (χ1v) is 8.06. The Morgan fingerprint density at radius 2 is 2.26 bits per heavy atom. The third-order valence-electron chi connectivity index (χ3n) is 3.23. The predicted molar refractivity (Wildman–Crippen MR) is 82.4 cm³/mol. The molecule has 1 fully saturated rings. The molecule has 0 aromatic heterocycles.